The molecule has 1 atom stereocenters. The van der Waals surface area contributed by atoms with Gasteiger partial charge in [-0.2, -0.15) is 0 Å². The van der Waals surface area contributed by atoms with Crippen LogP contribution < -0.4 is 20.7 Å². The SMILES string of the molecule is COc1ccc(C(Cc2ccccn2)NN)c(OC)c1. The highest BCUT2D eigenvalue weighted by atomic mass is 16.5. The summed E-state index contributed by atoms with van der Waals surface area (Å²) < 4.78 is 10.6. The van der Waals surface area contributed by atoms with E-state index >= 15 is 0 Å². The van der Waals surface area contributed by atoms with E-state index in [0.717, 1.165) is 22.8 Å². The molecule has 1 unspecified atom stereocenters. The number of nitrogens with two attached hydrogens (primary N) is 1. The fourth-order valence-electron chi connectivity index (χ4n) is 2.09. The molecule has 0 saturated carbocycles. The lowest BCUT2D eigenvalue weighted by Crippen LogP contribution is -2.30. The van der Waals surface area contributed by atoms with E-state index in [4.69, 9.17) is 15.3 Å². The van der Waals surface area contributed by atoms with Crippen molar-refractivity contribution in [3.05, 3.63) is 53.9 Å². The smallest absolute Gasteiger partial charge is 0.127 e. The van der Waals surface area contributed by atoms with Gasteiger partial charge in [-0.1, -0.05) is 12.1 Å². The van der Waals surface area contributed by atoms with E-state index in [0.29, 0.717) is 6.42 Å². The molecule has 106 valence electrons. The Morgan fingerprint density at radius 1 is 1.20 bits per heavy atom. The van der Waals surface area contributed by atoms with E-state index in [1.54, 1.807) is 20.4 Å². The number of pyridine rings is 1. The molecule has 0 fully saturated rings. The minimum Gasteiger partial charge on any atom is -0.497 e. The molecule has 0 aliphatic carbocycles. The van der Waals surface area contributed by atoms with Crippen molar-refractivity contribution in [3.63, 3.8) is 0 Å². The molecule has 1 aromatic carbocycles. The van der Waals surface area contributed by atoms with Crippen molar-refractivity contribution < 1.29 is 9.47 Å². The third kappa shape index (κ3) is 3.26. The van der Waals surface area contributed by atoms with Gasteiger partial charge in [-0.3, -0.25) is 16.3 Å². The van der Waals surface area contributed by atoms with Crippen LogP contribution in [0.1, 0.15) is 17.3 Å². The van der Waals surface area contributed by atoms with Crippen molar-refractivity contribution in [1.29, 1.82) is 0 Å². The minimum atomic E-state index is -0.0780. The molecule has 0 amide bonds. The molecule has 2 rings (SSSR count). The first-order chi connectivity index (χ1) is 9.78. The summed E-state index contributed by atoms with van der Waals surface area (Å²) in [7, 11) is 3.26. The van der Waals surface area contributed by atoms with Crippen molar-refractivity contribution in [2.24, 2.45) is 5.84 Å². The number of ether oxygens (including phenoxy) is 2. The number of nitrogens with zero attached hydrogens (tertiary/aromatic N) is 1. The summed E-state index contributed by atoms with van der Waals surface area (Å²) in [6.45, 7) is 0. The first-order valence-corrected chi connectivity index (χ1v) is 6.36. The standard InChI is InChI=1S/C15H19N3O2/c1-19-12-6-7-13(15(10-12)20-2)14(18-16)9-11-5-3-4-8-17-11/h3-8,10,14,18H,9,16H2,1-2H3. The molecular weight excluding hydrogens is 254 g/mol. The lowest BCUT2D eigenvalue weighted by Gasteiger charge is -2.19. The molecule has 20 heavy (non-hydrogen) atoms. The van der Waals surface area contributed by atoms with Crippen LogP contribution in [0.15, 0.2) is 42.6 Å². The number of hydrazine groups is 1. The van der Waals surface area contributed by atoms with Gasteiger partial charge in [-0.15, -0.1) is 0 Å². The summed E-state index contributed by atoms with van der Waals surface area (Å²) in [4.78, 5) is 4.32. The van der Waals surface area contributed by atoms with Crippen molar-refractivity contribution in [2.45, 2.75) is 12.5 Å². The first-order valence-electron chi connectivity index (χ1n) is 6.36. The van der Waals surface area contributed by atoms with Gasteiger partial charge in [0.15, 0.2) is 0 Å². The minimum absolute atomic E-state index is 0.0780. The van der Waals surface area contributed by atoms with Crippen LogP contribution >= 0.6 is 0 Å². The highest BCUT2D eigenvalue weighted by Crippen LogP contribution is 2.30. The molecule has 1 heterocycles. The Kier molecular flexibility index (Phi) is 4.92. The quantitative estimate of drug-likeness (QED) is 0.621. The number of nitrogens with one attached hydrogen (secondary N) is 1. The molecule has 3 N–H and O–H groups in total. The van der Waals surface area contributed by atoms with Crippen LogP contribution in [-0.2, 0) is 6.42 Å². The maximum Gasteiger partial charge on any atom is 0.127 e. The Bertz CT molecular complexity index is 546. The summed E-state index contributed by atoms with van der Waals surface area (Å²) >= 11 is 0. The highest BCUT2D eigenvalue weighted by Gasteiger charge is 2.16. The second-order valence-electron chi connectivity index (χ2n) is 4.35. The topological polar surface area (TPSA) is 69.4 Å². The monoisotopic (exact) mass is 273 g/mol. The zero-order valence-electron chi connectivity index (χ0n) is 11.7. The number of hydrogen-bond acceptors (Lipinski definition) is 5. The van der Waals surface area contributed by atoms with Gasteiger partial charge >= 0.3 is 0 Å². The molecule has 0 spiro atoms. The van der Waals surface area contributed by atoms with E-state index in [2.05, 4.69) is 10.4 Å². The van der Waals surface area contributed by atoms with E-state index in [9.17, 15) is 0 Å². The molecule has 0 aliphatic heterocycles. The second kappa shape index (κ2) is 6.88. The Morgan fingerprint density at radius 2 is 2.05 bits per heavy atom. The normalized spacial score (nSPS) is 11.9. The molecule has 5 nitrogen and oxygen atoms in total. The van der Waals surface area contributed by atoms with Crippen molar-refractivity contribution in [1.82, 2.24) is 10.4 Å². The summed E-state index contributed by atoms with van der Waals surface area (Å²) in [6, 6.07) is 11.4. The Morgan fingerprint density at radius 3 is 2.65 bits per heavy atom. The average Bonchev–Trinajstić information content (AvgIpc) is 2.53. The van der Waals surface area contributed by atoms with Crippen molar-refractivity contribution >= 4 is 0 Å². The lowest BCUT2D eigenvalue weighted by atomic mass is 10.0. The maximum absolute atomic E-state index is 5.68. The predicted molar refractivity (Wildman–Crippen MR) is 77.6 cm³/mol. The average molecular weight is 273 g/mol. The second-order valence-corrected chi connectivity index (χ2v) is 4.35. The van der Waals surface area contributed by atoms with Gasteiger partial charge < -0.3 is 9.47 Å². The van der Waals surface area contributed by atoms with Gasteiger partial charge in [-0.05, 0) is 18.2 Å². The Labute approximate surface area is 118 Å². The summed E-state index contributed by atoms with van der Waals surface area (Å²) in [5.74, 6) is 7.17. The van der Waals surface area contributed by atoms with E-state index in [-0.39, 0.29) is 6.04 Å². The fourth-order valence-corrected chi connectivity index (χ4v) is 2.09. The maximum atomic E-state index is 5.68. The van der Waals surface area contributed by atoms with Gasteiger partial charge in [0.25, 0.3) is 0 Å². The van der Waals surface area contributed by atoms with Crippen LogP contribution in [0.2, 0.25) is 0 Å². The summed E-state index contributed by atoms with van der Waals surface area (Å²) in [5.41, 5.74) is 4.76. The Balaban J connectivity index is 2.27. The third-order valence-electron chi connectivity index (χ3n) is 3.16. The van der Waals surface area contributed by atoms with Gasteiger partial charge in [0.1, 0.15) is 11.5 Å². The molecule has 0 aliphatic rings. The number of rotatable bonds is 6. The molecule has 1 aromatic heterocycles. The van der Waals surface area contributed by atoms with Gasteiger partial charge in [0.2, 0.25) is 0 Å². The number of methoxy groups -OCH3 is 2. The van der Waals surface area contributed by atoms with Crippen LogP contribution in [0.4, 0.5) is 0 Å². The highest BCUT2D eigenvalue weighted by molar-refractivity contribution is 5.42. The predicted octanol–water partition coefficient (Wildman–Crippen LogP) is 1.85. The van der Waals surface area contributed by atoms with Gasteiger partial charge in [0, 0.05) is 29.9 Å². The van der Waals surface area contributed by atoms with E-state index < -0.39 is 0 Å². The van der Waals surface area contributed by atoms with Gasteiger partial charge in [-0.25, -0.2) is 0 Å². The van der Waals surface area contributed by atoms with Gasteiger partial charge in [0.05, 0.1) is 20.3 Å². The van der Waals surface area contributed by atoms with Crippen LogP contribution in [0.5, 0.6) is 11.5 Å². The van der Waals surface area contributed by atoms with Crippen molar-refractivity contribution in [2.75, 3.05) is 14.2 Å². The zero-order chi connectivity index (χ0) is 14.4. The van der Waals surface area contributed by atoms with Crippen LogP contribution in [0, 0.1) is 0 Å². The molecular formula is C15H19N3O2. The zero-order valence-corrected chi connectivity index (χ0v) is 11.7. The molecule has 0 radical (unpaired) electrons. The number of aromatic nitrogens is 1. The van der Waals surface area contributed by atoms with Crippen LogP contribution in [0.3, 0.4) is 0 Å². The van der Waals surface area contributed by atoms with E-state index in [1.165, 1.54) is 0 Å². The van der Waals surface area contributed by atoms with Crippen molar-refractivity contribution in [3.8, 4) is 11.5 Å². The molecule has 2 aromatic rings. The van der Waals surface area contributed by atoms with E-state index in [1.807, 2.05) is 36.4 Å². The summed E-state index contributed by atoms with van der Waals surface area (Å²) in [6.07, 6.45) is 2.45. The van der Waals surface area contributed by atoms with Crippen LogP contribution in [-0.4, -0.2) is 19.2 Å². The molecule has 0 bridgehead atoms. The summed E-state index contributed by atoms with van der Waals surface area (Å²) in [5, 5.41) is 0. The molecule has 5 heteroatoms. The fraction of sp³-hybridized carbons (Fsp3) is 0.267. The molecule has 0 saturated heterocycles. The number of hydrogen-bond donors (Lipinski definition) is 2. The van der Waals surface area contributed by atoms with Crippen LogP contribution in [0.25, 0.3) is 0 Å². The largest absolute Gasteiger partial charge is 0.497 e. The lowest BCUT2D eigenvalue weighted by molar-refractivity contribution is 0.384. The Hall–Kier alpha value is -2.11. The number of benzene rings is 1. The third-order valence-corrected chi connectivity index (χ3v) is 3.16. The first kappa shape index (κ1) is 14.3.